The molecule has 124 valence electrons. The van der Waals surface area contributed by atoms with Crippen LogP contribution in [0, 0.1) is 0 Å². The maximum Gasteiger partial charge on any atom is 0.220 e. The second-order valence-electron chi connectivity index (χ2n) is 5.65. The molecule has 0 radical (unpaired) electrons. The van der Waals surface area contributed by atoms with Crippen LogP contribution in [0.2, 0.25) is 0 Å². The van der Waals surface area contributed by atoms with E-state index in [0.29, 0.717) is 31.9 Å². The largest absolute Gasteiger partial charge is 0.492 e. The number of nitrogens with one attached hydrogen (secondary N) is 1. The van der Waals surface area contributed by atoms with Crippen LogP contribution in [0.3, 0.4) is 0 Å². The fourth-order valence-electron chi connectivity index (χ4n) is 2.10. The summed E-state index contributed by atoms with van der Waals surface area (Å²) < 4.78 is 11.8. The summed E-state index contributed by atoms with van der Waals surface area (Å²) in [6, 6.07) is 9.76. The summed E-state index contributed by atoms with van der Waals surface area (Å²) in [5, 5.41) is 2.82. The lowest BCUT2D eigenvalue weighted by Crippen LogP contribution is -2.22. The van der Waals surface area contributed by atoms with Crippen molar-refractivity contribution in [3.05, 3.63) is 52.4 Å². The Morgan fingerprint density at radius 2 is 2.17 bits per heavy atom. The molecule has 0 aliphatic carbocycles. The van der Waals surface area contributed by atoms with Crippen molar-refractivity contribution in [2.24, 2.45) is 0 Å². The molecule has 0 saturated heterocycles. The van der Waals surface area contributed by atoms with Crippen LogP contribution in [0.4, 0.5) is 0 Å². The fraction of sp³-hybridized carbons (Fsp3) is 0.389. The molecule has 1 amide bonds. The number of halogens is 1. The predicted molar refractivity (Wildman–Crippen MR) is 93.5 cm³/mol. The Morgan fingerprint density at radius 3 is 2.83 bits per heavy atom. The van der Waals surface area contributed by atoms with Crippen LogP contribution in [-0.4, -0.2) is 12.5 Å². The minimum absolute atomic E-state index is 0.000721. The fourth-order valence-corrected chi connectivity index (χ4v) is 2.61. The van der Waals surface area contributed by atoms with Gasteiger partial charge in [0.1, 0.15) is 11.5 Å². The number of hydrogen-bond donors (Lipinski definition) is 1. The average molecular weight is 380 g/mol. The van der Waals surface area contributed by atoms with Gasteiger partial charge in [0.05, 0.1) is 23.9 Å². The lowest BCUT2D eigenvalue weighted by atomic mass is 10.0. The molecule has 1 N–H and O–H groups in total. The first-order valence-electron chi connectivity index (χ1n) is 7.77. The van der Waals surface area contributed by atoms with E-state index in [0.717, 1.165) is 16.0 Å². The van der Waals surface area contributed by atoms with Crippen LogP contribution in [0.25, 0.3) is 0 Å². The Labute approximate surface area is 145 Å². The molecule has 0 saturated carbocycles. The minimum atomic E-state index is -0.000721. The van der Waals surface area contributed by atoms with Gasteiger partial charge in [-0.3, -0.25) is 4.79 Å². The van der Waals surface area contributed by atoms with Gasteiger partial charge >= 0.3 is 0 Å². The van der Waals surface area contributed by atoms with Crippen LogP contribution in [0.1, 0.15) is 43.9 Å². The first-order valence-corrected chi connectivity index (χ1v) is 8.57. The summed E-state index contributed by atoms with van der Waals surface area (Å²) in [6.45, 7) is 5.25. The number of amides is 1. The summed E-state index contributed by atoms with van der Waals surface area (Å²) in [7, 11) is 0. The molecular formula is C18H22BrNO3. The van der Waals surface area contributed by atoms with Crippen molar-refractivity contribution in [2.45, 2.75) is 39.2 Å². The number of carbonyl (C=O) groups excluding carboxylic acids is 1. The molecule has 0 fully saturated rings. The Balaban J connectivity index is 1.67. The van der Waals surface area contributed by atoms with Crippen molar-refractivity contribution in [2.75, 3.05) is 6.61 Å². The highest BCUT2D eigenvalue weighted by Gasteiger charge is 2.06. The normalized spacial score (nSPS) is 10.8. The average Bonchev–Trinajstić information content (AvgIpc) is 3.04. The molecule has 0 bridgehead atoms. The third-order valence-electron chi connectivity index (χ3n) is 3.47. The van der Waals surface area contributed by atoms with Gasteiger partial charge in [-0.25, -0.2) is 0 Å². The minimum Gasteiger partial charge on any atom is -0.492 e. The van der Waals surface area contributed by atoms with E-state index in [2.05, 4.69) is 47.2 Å². The standard InChI is InChI=1S/C18H22BrNO3/c1-13(2)14-7-8-17(16(19)11-14)23-10-4-6-18(21)20-12-15-5-3-9-22-15/h3,5,7-9,11,13H,4,6,10,12H2,1-2H3,(H,20,21). The van der Waals surface area contributed by atoms with Crippen molar-refractivity contribution < 1.29 is 13.9 Å². The van der Waals surface area contributed by atoms with Crippen molar-refractivity contribution >= 4 is 21.8 Å². The molecule has 1 heterocycles. The Bertz CT molecular complexity index is 623. The zero-order valence-electron chi connectivity index (χ0n) is 13.5. The van der Waals surface area contributed by atoms with Crippen molar-refractivity contribution in [3.8, 4) is 5.75 Å². The van der Waals surface area contributed by atoms with E-state index in [1.165, 1.54) is 5.56 Å². The number of ether oxygens (including phenoxy) is 1. The number of rotatable bonds is 8. The Kier molecular flexibility index (Phi) is 6.71. The molecule has 2 rings (SSSR count). The van der Waals surface area contributed by atoms with Gasteiger partial charge in [-0.1, -0.05) is 19.9 Å². The van der Waals surface area contributed by atoms with Gasteiger partial charge in [-0.05, 0) is 58.1 Å². The van der Waals surface area contributed by atoms with Crippen molar-refractivity contribution in [1.82, 2.24) is 5.32 Å². The molecule has 4 nitrogen and oxygen atoms in total. The van der Waals surface area contributed by atoms with Gasteiger partial charge in [0.2, 0.25) is 5.91 Å². The summed E-state index contributed by atoms with van der Waals surface area (Å²) in [4.78, 5) is 11.7. The quantitative estimate of drug-likeness (QED) is 0.679. The number of carbonyl (C=O) groups is 1. The van der Waals surface area contributed by atoms with Gasteiger partial charge in [0.25, 0.3) is 0 Å². The van der Waals surface area contributed by atoms with Gasteiger partial charge in [-0.15, -0.1) is 0 Å². The van der Waals surface area contributed by atoms with Gasteiger partial charge in [0, 0.05) is 6.42 Å². The summed E-state index contributed by atoms with van der Waals surface area (Å²) in [5.74, 6) is 2.05. The lowest BCUT2D eigenvalue weighted by Gasteiger charge is -2.11. The molecule has 23 heavy (non-hydrogen) atoms. The first kappa shape index (κ1) is 17.6. The highest BCUT2D eigenvalue weighted by molar-refractivity contribution is 9.10. The summed E-state index contributed by atoms with van der Waals surface area (Å²) >= 11 is 3.53. The smallest absolute Gasteiger partial charge is 0.220 e. The highest BCUT2D eigenvalue weighted by atomic mass is 79.9. The van der Waals surface area contributed by atoms with Crippen LogP contribution < -0.4 is 10.1 Å². The molecule has 0 spiro atoms. The zero-order valence-corrected chi connectivity index (χ0v) is 15.1. The maximum atomic E-state index is 11.7. The number of benzene rings is 1. The zero-order chi connectivity index (χ0) is 16.7. The third-order valence-corrected chi connectivity index (χ3v) is 4.09. The lowest BCUT2D eigenvalue weighted by molar-refractivity contribution is -0.121. The van der Waals surface area contributed by atoms with Gasteiger partial charge < -0.3 is 14.5 Å². The van der Waals surface area contributed by atoms with Crippen LogP contribution in [0.5, 0.6) is 5.75 Å². The van der Waals surface area contributed by atoms with E-state index in [4.69, 9.17) is 9.15 Å². The maximum absolute atomic E-state index is 11.7. The second-order valence-corrected chi connectivity index (χ2v) is 6.51. The van der Waals surface area contributed by atoms with E-state index >= 15 is 0 Å². The van der Waals surface area contributed by atoms with E-state index in [1.54, 1.807) is 12.3 Å². The van der Waals surface area contributed by atoms with Crippen LogP contribution >= 0.6 is 15.9 Å². The number of furan rings is 1. The van der Waals surface area contributed by atoms with E-state index in [9.17, 15) is 4.79 Å². The van der Waals surface area contributed by atoms with Crippen LogP contribution in [0.15, 0.2) is 45.5 Å². The second kappa shape index (κ2) is 8.77. The summed E-state index contributed by atoms with van der Waals surface area (Å²) in [5.41, 5.74) is 1.27. The molecule has 0 aliphatic heterocycles. The van der Waals surface area contributed by atoms with Crippen LogP contribution in [-0.2, 0) is 11.3 Å². The highest BCUT2D eigenvalue weighted by Crippen LogP contribution is 2.29. The third kappa shape index (κ3) is 5.75. The molecule has 1 aromatic carbocycles. The molecule has 0 aliphatic rings. The molecule has 1 aromatic heterocycles. The molecule has 0 unspecified atom stereocenters. The van der Waals surface area contributed by atoms with E-state index in [-0.39, 0.29) is 5.91 Å². The molecule has 2 aromatic rings. The number of hydrogen-bond acceptors (Lipinski definition) is 3. The SMILES string of the molecule is CC(C)c1ccc(OCCCC(=O)NCc2ccco2)c(Br)c1. The van der Waals surface area contributed by atoms with Crippen molar-refractivity contribution in [1.29, 1.82) is 0 Å². The monoisotopic (exact) mass is 379 g/mol. The Morgan fingerprint density at radius 1 is 1.35 bits per heavy atom. The first-order chi connectivity index (χ1) is 11.1. The molecular weight excluding hydrogens is 358 g/mol. The predicted octanol–water partition coefficient (Wildman–Crippen LogP) is 4.64. The Hall–Kier alpha value is -1.75. The van der Waals surface area contributed by atoms with Crippen molar-refractivity contribution in [3.63, 3.8) is 0 Å². The molecule has 5 heteroatoms. The van der Waals surface area contributed by atoms with Gasteiger partial charge in [-0.2, -0.15) is 0 Å². The molecule has 0 atom stereocenters. The topological polar surface area (TPSA) is 51.5 Å². The summed E-state index contributed by atoms with van der Waals surface area (Å²) in [6.07, 6.45) is 2.70. The van der Waals surface area contributed by atoms with E-state index < -0.39 is 0 Å². The van der Waals surface area contributed by atoms with Gasteiger partial charge in [0.15, 0.2) is 0 Å². The van der Waals surface area contributed by atoms with E-state index in [1.807, 2.05) is 12.1 Å².